The van der Waals surface area contributed by atoms with Gasteiger partial charge in [0.25, 0.3) is 0 Å². The Morgan fingerprint density at radius 1 is 1.39 bits per heavy atom. The highest BCUT2D eigenvalue weighted by Crippen LogP contribution is 2.17. The lowest BCUT2D eigenvalue weighted by molar-refractivity contribution is 0.0696. The number of piperidine rings is 1. The first-order valence-corrected chi connectivity index (χ1v) is 7.29. The van der Waals surface area contributed by atoms with Crippen molar-refractivity contribution in [2.75, 3.05) is 25.4 Å². The number of carboxylic acids is 1. The molecule has 1 fully saturated rings. The highest BCUT2D eigenvalue weighted by Gasteiger charge is 2.10. The molecule has 1 aliphatic heterocycles. The molecule has 0 aliphatic carbocycles. The smallest absolute Gasteiger partial charge is 0.335 e. The number of rotatable bonds is 5. The lowest BCUT2D eigenvalue weighted by atomic mass is 10.1. The topological polar surface area (TPSA) is 53.4 Å². The van der Waals surface area contributed by atoms with E-state index >= 15 is 0 Å². The number of likely N-dealkylation sites (tertiary alicyclic amines) is 1. The van der Waals surface area contributed by atoms with Crippen LogP contribution in [0.4, 0.5) is 0 Å². The summed E-state index contributed by atoms with van der Waals surface area (Å²) < 4.78 is 0. The molecular weight excluding hydrogens is 248 g/mol. The highest BCUT2D eigenvalue weighted by molar-refractivity contribution is 7.99. The van der Waals surface area contributed by atoms with Crippen LogP contribution in [0.15, 0.2) is 23.4 Å². The molecular formula is C13H18N2O2S. The minimum atomic E-state index is -0.893. The van der Waals surface area contributed by atoms with Gasteiger partial charge >= 0.3 is 5.97 Å². The Hall–Kier alpha value is -1.07. The first kappa shape index (κ1) is 13.4. The Morgan fingerprint density at radius 3 is 2.89 bits per heavy atom. The number of thioether (sulfide) groups is 1. The zero-order valence-corrected chi connectivity index (χ0v) is 11.2. The molecule has 0 spiro atoms. The zero-order valence-electron chi connectivity index (χ0n) is 10.3. The Balaban J connectivity index is 1.78. The van der Waals surface area contributed by atoms with Crippen LogP contribution in [-0.4, -0.2) is 46.3 Å². The van der Waals surface area contributed by atoms with Gasteiger partial charge in [-0.3, -0.25) is 0 Å². The van der Waals surface area contributed by atoms with Crippen molar-refractivity contribution >= 4 is 17.7 Å². The molecule has 0 amide bonds. The van der Waals surface area contributed by atoms with Gasteiger partial charge in [0.1, 0.15) is 0 Å². The van der Waals surface area contributed by atoms with Gasteiger partial charge in [-0.1, -0.05) is 6.42 Å². The molecule has 0 saturated carbocycles. The molecule has 0 aromatic carbocycles. The van der Waals surface area contributed by atoms with E-state index in [0.717, 1.165) is 17.3 Å². The lowest BCUT2D eigenvalue weighted by Crippen LogP contribution is -2.31. The van der Waals surface area contributed by atoms with Gasteiger partial charge in [0.15, 0.2) is 0 Å². The maximum atomic E-state index is 10.8. The van der Waals surface area contributed by atoms with Crippen LogP contribution in [0, 0.1) is 0 Å². The number of hydrogen-bond donors (Lipinski definition) is 1. The summed E-state index contributed by atoms with van der Waals surface area (Å²) in [5.74, 6) is 0.0751. The van der Waals surface area contributed by atoms with Crippen LogP contribution < -0.4 is 0 Å². The molecule has 2 rings (SSSR count). The molecule has 1 aromatic rings. The third-order valence-corrected chi connectivity index (χ3v) is 3.99. The van der Waals surface area contributed by atoms with Crippen molar-refractivity contribution in [2.24, 2.45) is 0 Å². The van der Waals surface area contributed by atoms with E-state index in [1.165, 1.54) is 38.4 Å². The van der Waals surface area contributed by atoms with Crippen LogP contribution in [0.25, 0.3) is 0 Å². The summed E-state index contributed by atoms with van der Waals surface area (Å²) in [5, 5.41) is 9.69. The maximum Gasteiger partial charge on any atom is 0.335 e. The second-order valence-corrected chi connectivity index (χ2v) is 5.55. The zero-order chi connectivity index (χ0) is 12.8. The molecule has 0 unspecified atom stereocenters. The van der Waals surface area contributed by atoms with Crippen molar-refractivity contribution in [2.45, 2.75) is 24.3 Å². The lowest BCUT2D eigenvalue weighted by Gasteiger charge is -2.25. The second-order valence-electron chi connectivity index (χ2n) is 4.44. The SMILES string of the molecule is O=C(O)c1ccnc(SCCN2CCCCC2)c1. The second kappa shape index (κ2) is 6.75. The van der Waals surface area contributed by atoms with Crippen molar-refractivity contribution in [3.63, 3.8) is 0 Å². The van der Waals surface area contributed by atoms with Crippen molar-refractivity contribution in [1.82, 2.24) is 9.88 Å². The van der Waals surface area contributed by atoms with Crippen LogP contribution >= 0.6 is 11.8 Å². The van der Waals surface area contributed by atoms with Crippen LogP contribution in [0.1, 0.15) is 29.6 Å². The Labute approximate surface area is 111 Å². The minimum Gasteiger partial charge on any atom is -0.478 e. The summed E-state index contributed by atoms with van der Waals surface area (Å²) in [4.78, 5) is 17.5. The molecule has 18 heavy (non-hydrogen) atoms. The number of nitrogens with zero attached hydrogens (tertiary/aromatic N) is 2. The maximum absolute atomic E-state index is 10.8. The van der Waals surface area contributed by atoms with E-state index < -0.39 is 5.97 Å². The standard InChI is InChI=1S/C13H18N2O2S/c16-13(17)11-4-5-14-12(10-11)18-9-8-15-6-2-1-3-7-15/h4-5,10H,1-3,6-9H2,(H,16,17). The van der Waals surface area contributed by atoms with E-state index in [1.807, 2.05) is 0 Å². The number of hydrogen-bond acceptors (Lipinski definition) is 4. The Bertz CT molecular complexity index is 406. The summed E-state index contributed by atoms with van der Waals surface area (Å²) in [5.41, 5.74) is 0.311. The molecule has 0 bridgehead atoms. The van der Waals surface area contributed by atoms with E-state index in [-0.39, 0.29) is 0 Å². The Kier molecular flexibility index (Phi) is 5.01. The van der Waals surface area contributed by atoms with Gasteiger partial charge in [0.05, 0.1) is 10.6 Å². The molecule has 98 valence electrons. The first-order chi connectivity index (χ1) is 8.75. The fourth-order valence-electron chi connectivity index (χ4n) is 2.08. The summed E-state index contributed by atoms with van der Waals surface area (Å²) in [6.07, 6.45) is 5.52. The van der Waals surface area contributed by atoms with E-state index in [4.69, 9.17) is 5.11 Å². The van der Waals surface area contributed by atoms with Crippen molar-refractivity contribution in [3.05, 3.63) is 23.9 Å². The van der Waals surface area contributed by atoms with Crippen LogP contribution in [0.5, 0.6) is 0 Å². The molecule has 1 aliphatic rings. The predicted molar refractivity (Wildman–Crippen MR) is 72.2 cm³/mol. The third-order valence-electron chi connectivity index (χ3n) is 3.09. The largest absolute Gasteiger partial charge is 0.478 e. The predicted octanol–water partition coefficient (Wildman–Crippen LogP) is 2.36. The van der Waals surface area contributed by atoms with Gasteiger partial charge in [-0.2, -0.15) is 0 Å². The number of aromatic carboxylic acids is 1. The van der Waals surface area contributed by atoms with Crippen molar-refractivity contribution in [1.29, 1.82) is 0 Å². The summed E-state index contributed by atoms with van der Waals surface area (Å²) in [6.45, 7) is 3.45. The van der Waals surface area contributed by atoms with E-state index in [2.05, 4.69) is 9.88 Å². The molecule has 1 N–H and O–H groups in total. The molecule has 5 heteroatoms. The number of carboxylic acid groups (broad SMARTS) is 1. The van der Waals surface area contributed by atoms with Gasteiger partial charge in [0, 0.05) is 18.5 Å². The first-order valence-electron chi connectivity index (χ1n) is 6.30. The quantitative estimate of drug-likeness (QED) is 0.829. The summed E-state index contributed by atoms with van der Waals surface area (Å²) >= 11 is 1.63. The minimum absolute atomic E-state index is 0.311. The number of aromatic nitrogens is 1. The normalized spacial score (nSPS) is 16.7. The monoisotopic (exact) mass is 266 g/mol. The van der Waals surface area contributed by atoms with Crippen molar-refractivity contribution < 1.29 is 9.90 Å². The average molecular weight is 266 g/mol. The fourth-order valence-corrected chi connectivity index (χ4v) is 2.99. The van der Waals surface area contributed by atoms with Gasteiger partial charge < -0.3 is 10.0 Å². The molecule has 0 radical (unpaired) electrons. The van der Waals surface area contributed by atoms with Crippen LogP contribution in [0.2, 0.25) is 0 Å². The van der Waals surface area contributed by atoms with Gasteiger partial charge in [-0.25, -0.2) is 9.78 Å². The molecule has 1 aromatic heterocycles. The summed E-state index contributed by atoms with van der Waals surface area (Å²) in [7, 11) is 0. The van der Waals surface area contributed by atoms with Crippen LogP contribution in [-0.2, 0) is 0 Å². The third kappa shape index (κ3) is 3.99. The molecule has 2 heterocycles. The van der Waals surface area contributed by atoms with Crippen LogP contribution in [0.3, 0.4) is 0 Å². The van der Waals surface area contributed by atoms with E-state index in [1.54, 1.807) is 24.0 Å². The van der Waals surface area contributed by atoms with Crippen molar-refractivity contribution in [3.8, 4) is 0 Å². The number of carbonyl (C=O) groups is 1. The molecule has 0 atom stereocenters. The van der Waals surface area contributed by atoms with Gasteiger partial charge in [-0.05, 0) is 38.1 Å². The molecule has 4 nitrogen and oxygen atoms in total. The molecule has 1 saturated heterocycles. The van der Waals surface area contributed by atoms with Gasteiger partial charge in [0.2, 0.25) is 0 Å². The summed E-state index contributed by atoms with van der Waals surface area (Å²) in [6, 6.07) is 3.17. The average Bonchev–Trinajstić information content (AvgIpc) is 2.40. The van der Waals surface area contributed by atoms with E-state index in [9.17, 15) is 4.79 Å². The highest BCUT2D eigenvalue weighted by atomic mass is 32.2. The fraction of sp³-hybridized carbons (Fsp3) is 0.538. The van der Waals surface area contributed by atoms with E-state index in [0.29, 0.717) is 5.56 Å². The number of pyridine rings is 1. The Morgan fingerprint density at radius 2 is 2.17 bits per heavy atom. The van der Waals surface area contributed by atoms with Gasteiger partial charge in [-0.15, -0.1) is 11.8 Å².